The second-order valence-corrected chi connectivity index (χ2v) is 4.50. The zero-order valence-electron chi connectivity index (χ0n) is 10.1. The summed E-state index contributed by atoms with van der Waals surface area (Å²) in [5.41, 5.74) is -0.248. The summed E-state index contributed by atoms with van der Waals surface area (Å²) in [6.07, 6.45) is 0.711. The van der Waals surface area contributed by atoms with Crippen LogP contribution in [0.5, 0.6) is 0 Å². The molecular formula is C13H12F2N2O2. The maximum atomic E-state index is 13.8. The van der Waals surface area contributed by atoms with Gasteiger partial charge < -0.3 is 10.0 Å². The summed E-state index contributed by atoms with van der Waals surface area (Å²) >= 11 is 0. The Morgan fingerprint density at radius 3 is 2.26 bits per heavy atom. The van der Waals surface area contributed by atoms with Gasteiger partial charge in [0.2, 0.25) is 0 Å². The SMILES string of the molecule is N#Cc1cc(F)c(N2CCC(C(=O)O)CC2)c(F)c1. The largest absolute Gasteiger partial charge is 0.481 e. The Kier molecular flexibility index (Phi) is 3.65. The predicted molar refractivity (Wildman–Crippen MR) is 63.6 cm³/mol. The lowest BCUT2D eigenvalue weighted by Crippen LogP contribution is -2.37. The van der Waals surface area contributed by atoms with Crippen LogP contribution in [0.3, 0.4) is 0 Å². The summed E-state index contributed by atoms with van der Waals surface area (Å²) < 4.78 is 27.6. The molecule has 1 heterocycles. The topological polar surface area (TPSA) is 64.3 Å². The van der Waals surface area contributed by atoms with Crippen LogP contribution in [0.2, 0.25) is 0 Å². The van der Waals surface area contributed by atoms with E-state index in [1.807, 2.05) is 0 Å². The van der Waals surface area contributed by atoms with Crippen molar-refractivity contribution in [2.45, 2.75) is 12.8 Å². The zero-order valence-corrected chi connectivity index (χ0v) is 10.1. The average Bonchev–Trinajstić information content (AvgIpc) is 2.38. The summed E-state index contributed by atoms with van der Waals surface area (Å²) in [6.45, 7) is 0.577. The number of benzene rings is 1. The number of aliphatic carboxylic acids is 1. The first-order valence-electron chi connectivity index (χ1n) is 5.90. The summed E-state index contributed by atoms with van der Waals surface area (Å²) in [5, 5.41) is 17.5. The Morgan fingerprint density at radius 2 is 1.84 bits per heavy atom. The lowest BCUT2D eigenvalue weighted by molar-refractivity contribution is -0.142. The van der Waals surface area contributed by atoms with Crippen LogP contribution >= 0.6 is 0 Å². The number of nitrogens with zero attached hydrogens (tertiary/aromatic N) is 2. The highest BCUT2D eigenvalue weighted by Crippen LogP contribution is 2.29. The van der Waals surface area contributed by atoms with E-state index in [9.17, 15) is 13.6 Å². The molecule has 1 aromatic rings. The van der Waals surface area contributed by atoms with Crippen LogP contribution in [0.15, 0.2) is 12.1 Å². The Hall–Kier alpha value is -2.16. The van der Waals surface area contributed by atoms with E-state index in [0.717, 1.165) is 12.1 Å². The third-order valence-corrected chi connectivity index (χ3v) is 3.31. The molecule has 100 valence electrons. The molecule has 1 N–H and O–H groups in total. The first kappa shape index (κ1) is 13.3. The van der Waals surface area contributed by atoms with Gasteiger partial charge in [-0.25, -0.2) is 8.78 Å². The fourth-order valence-electron chi connectivity index (χ4n) is 2.28. The molecule has 0 aliphatic carbocycles. The molecule has 0 aromatic heterocycles. The van der Waals surface area contributed by atoms with Gasteiger partial charge in [0.15, 0.2) is 11.6 Å². The Labute approximate surface area is 108 Å². The minimum atomic E-state index is -0.875. The Bertz CT molecular complexity index is 523. The van der Waals surface area contributed by atoms with Crippen molar-refractivity contribution in [2.24, 2.45) is 5.92 Å². The molecule has 1 saturated heterocycles. The molecule has 0 spiro atoms. The van der Waals surface area contributed by atoms with E-state index in [2.05, 4.69) is 0 Å². The van der Waals surface area contributed by atoms with Crippen LogP contribution in [0.4, 0.5) is 14.5 Å². The highest BCUT2D eigenvalue weighted by Gasteiger charge is 2.27. The number of carbonyl (C=O) groups is 1. The maximum Gasteiger partial charge on any atom is 0.306 e. The van der Waals surface area contributed by atoms with Crippen molar-refractivity contribution in [1.29, 1.82) is 5.26 Å². The van der Waals surface area contributed by atoms with Gasteiger partial charge >= 0.3 is 5.97 Å². The minimum Gasteiger partial charge on any atom is -0.481 e. The van der Waals surface area contributed by atoms with E-state index >= 15 is 0 Å². The number of hydrogen-bond acceptors (Lipinski definition) is 3. The molecule has 2 rings (SSSR count). The summed E-state index contributed by atoms with van der Waals surface area (Å²) in [6, 6.07) is 3.66. The third-order valence-electron chi connectivity index (χ3n) is 3.31. The van der Waals surface area contributed by atoms with Crippen LogP contribution in [-0.4, -0.2) is 24.2 Å². The minimum absolute atomic E-state index is 0.0702. The summed E-state index contributed by atoms with van der Waals surface area (Å²) in [5.74, 6) is -2.91. The van der Waals surface area contributed by atoms with E-state index in [0.29, 0.717) is 12.8 Å². The quantitative estimate of drug-likeness (QED) is 0.890. The van der Waals surface area contributed by atoms with E-state index in [-0.39, 0.29) is 24.3 Å². The number of halogens is 2. The normalized spacial score (nSPS) is 16.2. The second kappa shape index (κ2) is 5.22. The standard InChI is InChI=1S/C13H12F2N2O2/c14-10-5-8(7-16)6-11(15)12(10)17-3-1-9(2-4-17)13(18)19/h5-6,9H,1-4H2,(H,18,19). The molecule has 1 aromatic carbocycles. The number of carboxylic acid groups (broad SMARTS) is 1. The number of carboxylic acids is 1. The molecule has 0 bridgehead atoms. The van der Waals surface area contributed by atoms with Gasteiger partial charge in [0, 0.05) is 13.1 Å². The number of rotatable bonds is 2. The van der Waals surface area contributed by atoms with Crippen LogP contribution in [0.25, 0.3) is 0 Å². The molecule has 6 heteroatoms. The van der Waals surface area contributed by atoms with E-state index in [1.54, 1.807) is 6.07 Å². The van der Waals surface area contributed by atoms with E-state index in [4.69, 9.17) is 10.4 Å². The van der Waals surface area contributed by atoms with Crippen molar-refractivity contribution < 1.29 is 18.7 Å². The summed E-state index contributed by atoms with van der Waals surface area (Å²) in [4.78, 5) is 12.3. The van der Waals surface area contributed by atoms with Crippen LogP contribution < -0.4 is 4.90 Å². The average molecular weight is 266 g/mol. The maximum absolute atomic E-state index is 13.8. The lowest BCUT2D eigenvalue weighted by atomic mass is 9.96. The van der Waals surface area contributed by atoms with Gasteiger partial charge in [0.25, 0.3) is 0 Å². The smallest absolute Gasteiger partial charge is 0.306 e. The molecule has 0 atom stereocenters. The van der Waals surface area contributed by atoms with E-state index < -0.39 is 23.5 Å². The van der Waals surface area contributed by atoms with Crippen LogP contribution in [0.1, 0.15) is 18.4 Å². The molecule has 1 aliphatic rings. The first-order chi connectivity index (χ1) is 9.02. The predicted octanol–water partition coefficient (Wildman–Crippen LogP) is 2.14. The van der Waals surface area contributed by atoms with Gasteiger partial charge in [-0.15, -0.1) is 0 Å². The van der Waals surface area contributed by atoms with Gasteiger partial charge in [0.05, 0.1) is 17.6 Å². The van der Waals surface area contributed by atoms with Crippen molar-refractivity contribution in [3.8, 4) is 6.07 Å². The number of piperidine rings is 1. The Morgan fingerprint density at radius 1 is 1.32 bits per heavy atom. The van der Waals surface area contributed by atoms with Gasteiger partial charge in [-0.3, -0.25) is 4.79 Å². The van der Waals surface area contributed by atoms with Gasteiger partial charge in [-0.1, -0.05) is 0 Å². The fraction of sp³-hybridized carbons (Fsp3) is 0.385. The van der Waals surface area contributed by atoms with Crippen LogP contribution in [0, 0.1) is 28.9 Å². The molecule has 1 aliphatic heterocycles. The highest BCUT2D eigenvalue weighted by atomic mass is 19.1. The Balaban J connectivity index is 2.21. The van der Waals surface area contributed by atoms with Crippen molar-refractivity contribution in [2.75, 3.05) is 18.0 Å². The molecule has 1 fully saturated rings. The van der Waals surface area contributed by atoms with Crippen molar-refractivity contribution in [3.63, 3.8) is 0 Å². The molecule has 0 amide bonds. The summed E-state index contributed by atoms with van der Waals surface area (Å²) in [7, 11) is 0. The van der Waals surface area contributed by atoms with Crippen molar-refractivity contribution >= 4 is 11.7 Å². The number of nitriles is 1. The third kappa shape index (κ3) is 2.65. The van der Waals surface area contributed by atoms with Crippen molar-refractivity contribution in [3.05, 3.63) is 29.3 Å². The molecule has 0 radical (unpaired) electrons. The van der Waals surface area contributed by atoms with Gasteiger partial charge in [-0.05, 0) is 25.0 Å². The second-order valence-electron chi connectivity index (χ2n) is 4.50. The van der Waals surface area contributed by atoms with Gasteiger partial charge in [0.1, 0.15) is 5.69 Å². The van der Waals surface area contributed by atoms with Crippen molar-refractivity contribution in [1.82, 2.24) is 0 Å². The molecular weight excluding hydrogens is 254 g/mol. The van der Waals surface area contributed by atoms with Crippen LogP contribution in [-0.2, 0) is 4.79 Å². The molecule has 0 saturated carbocycles. The first-order valence-corrected chi connectivity index (χ1v) is 5.90. The highest BCUT2D eigenvalue weighted by molar-refractivity contribution is 5.70. The molecule has 19 heavy (non-hydrogen) atoms. The van der Waals surface area contributed by atoms with Gasteiger partial charge in [-0.2, -0.15) is 5.26 Å². The molecule has 0 unspecified atom stereocenters. The monoisotopic (exact) mass is 266 g/mol. The zero-order chi connectivity index (χ0) is 14.0. The molecule has 4 nitrogen and oxygen atoms in total. The van der Waals surface area contributed by atoms with E-state index in [1.165, 1.54) is 4.90 Å². The number of anilines is 1. The number of hydrogen-bond donors (Lipinski definition) is 1. The fourth-order valence-corrected chi connectivity index (χ4v) is 2.28. The lowest BCUT2D eigenvalue weighted by Gasteiger charge is -2.32.